The van der Waals surface area contributed by atoms with E-state index >= 15 is 0 Å². The van der Waals surface area contributed by atoms with E-state index in [9.17, 15) is 0 Å². The van der Waals surface area contributed by atoms with E-state index in [0.29, 0.717) is 0 Å². The molecule has 0 atom stereocenters. The maximum atomic E-state index is 5.76. The molecule has 2 aromatic rings. The number of nitrogens with zero attached hydrogens (tertiary/aromatic N) is 1. The molecule has 0 aliphatic heterocycles. The van der Waals surface area contributed by atoms with Gasteiger partial charge in [-0.1, -0.05) is 42.7 Å². The lowest BCUT2D eigenvalue weighted by Gasteiger charge is -1.93. The first kappa shape index (κ1) is 11.8. The minimum atomic E-state index is 0.726. The van der Waals surface area contributed by atoms with Gasteiger partial charge < -0.3 is 4.52 Å². The van der Waals surface area contributed by atoms with Gasteiger partial charge in [-0.2, -0.15) is 0 Å². The van der Waals surface area contributed by atoms with E-state index in [0.717, 1.165) is 22.0 Å². The van der Waals surface area contributed by atoms with Crippen molar-refractivity contribution >= 4 is 11.6 Å². The highest BCUT2D eigenvalue weighted by molar-refractivity contribution is 6.30. The van der Waals surface area contributed by atoms with Crippen LogP contribution in [0.5, 0.6) is 0 Å². The van der Waals surface area contributed by atoms with Gasteiger partial charge in [-0.3, -0.25) is 0 Å². The Kier molecular flexibility index (Phi) is 4.37. The Morgan fingerprint density at radius 1 is 1.13 bits per heavy atom. The van der Waals surface area contributed by atoms with Gasteiger partial charge in [-0.05, 0) is 19.1 Å². The van der Waals surface area contributed by atoms with Crippen molar-refractivity contribution in [3.8, 4) is 11.3 Å². The van der Waals surface area contributed by atoms with Gasteiger partial charge in [0.05, 0.1) is 0 Å². The van der Waals surface area contributed by atoms with Crippen LogP contribution in [-0.2, 0) is 0 Å². The topological polar surface area (TPSA) is 26.0 Å². The van der Waals surface area contributed by atoms with Crippen LogP contribution in [0.3, 0.4) is 0 Å². The number of hydrogen-bond acceptors (Lipinski definition) is 2. The predicted octanol–water partition coefficient (Wildman–Crippen LogP) is 4.33. The molecule has 0 spiro atoms. The molecule has 0 saturated carbocycles. The Hall–Kier alpha value is -1.28. The molecule has 2 rings (SSSR count). The molecule has 0 bridgehead atoms. The van der Waals surface area contributed by atoms with Crippen molar-refractivity contribution in [2.24, 2.45) is 0 Å². The second kappa shape index (κ2) is 5.56. The molecule has 3 heteroatoms. The van der Waals surface area contributed by atoms with Gasteiger partial charge in [0.1, 0.15) is 11.5 Å². The summed E-state index contributed by atoms with van der Waals surface area (Å²) in [5.74, 6) is 0.810. The third-order valence-corrected chi connectivity index (χ3v) is 2.02. The minimum Gasteiger partial charge on any atom is -0.361 e. The number of rotatable bonds is 1. The van der Waals surface area contributed by atoms with Crippen molar-refractivity contribution < 1.29 is 4.52 Å². The first-order chi connectivity index (χ1) is 7.25. The average molecular weight is 224 g/mol. The third-order valence-electron chi connectivity index (χ3n) is 1.77. The Morgan fingerprint density at radius 2 is 1.73 bits per heavy atom. The number of halogens is 1. The van der Waals surface area contributed by atoms with E-state index in [1.165, 1.54) is 0 Å². The molecule has 0 aliphatic rings. The normalized spacial score (nSPS) is 9.33. The Labute approximate surface area is 94.9 Å². The molecule has 0 amide bonds. The first-order valence-electron chi connectivity index (χ1n) is 4.95. The van der Waals surface area contributed by atoms with Crippen LogP contribution < -0.4 is 0 Å². The zero-order chi connectivity index (χ0) is 11.3. The van der Waals surface area contributed by atoms with E-state index in [4.69, 9.17) is 16.1 Å². The van der Waals surface area contributed by atoms with Crippen LogP contribution >= 0.6 is 11.6 Å². The van der Waals surface area contributed by atoms with Gasteiger partial charge in [0.2, 0.25) is 0 Å². The van der Waals surface area contributed by atoms with Crippen molar-refractivity contribution in [3.05, 3.63) is 41.1 Å². The highest BCUT2D eigenvalue weighted by atomic mass is 35.5. The van der Waals surface area contributed by atoms with Crippen molar-refractivity contribution in [1.29, 1.82) is 0 Å². The second-order valence-corrected chi connectivity index (χ2v) is 3.27. The molecular formula is C12H14ClNO. The maximum absolute atomic E-state index is 5.76. The monoisotopic (exact) mass is 223 g/mol. The molecule has 1 aromatic carbocycles. The lowest BCUT2D eigenvalue weighted by atomic mass is 10.1. The fraction of sp³-hybridized carbons (Fsp3) is 0.250. The summed E-state index contributed by atoms with van der Waals surface area (Å²) in [5.41, 5.74) is 1.86. The molecule has 1 heterocycles. The minimum absolute atomic E-state index is 0.726. The first-order valence-corrected chi connectivity index (χ1v) is 5.33. The fourth-order valence-corrected chi connectivity index (χ4v) is 1.25. The zero-order valence-electron chi connectivity index (χ0n) is 9.12. The molecule has 0 fully saturated rings. The molecule has 80 valence electrons. The fourth-order valence-electron chi connectivity index (χ4n) is 1.12. The molecule has 2 nitrogen and oxygen atoms in total. The highest BCUT2D eigenvalue weighted by Crippen LogP contribution is 2.20. The maximum Gasteiger partial charge on any atom is 0.134 e. The SMILES string of the molecule is CC.Cc1cc(-c2ccc(Cl)cc2)no1. The largest absolute Gasteiger partial charge is 0.361 e. The van der Waals surface area contributed by atoms with E-state index in [1.54, 1.807) is 0 Å². The average Bonchev–Trinajstić information content (AvgIpc) is 2.69. The predicted molar refractivity (Wildman–Crippen MR) is 63.0 cm³/mol. The summed E-state index contributed by atoms with van der Waals surface area (Å²) in [6.45, 7) is 5.87. The van der Waals surface area contributed by atoms with Crippen LogP contribution in [0, 0.1) is 6.92 Å². The van der Waals surface area contributed by atoms with Gasteiger partial charge >= 0.3 is 0 Å². The van der Waals surface area contributed by atoms with Crippen molar-refractivity contribution in [3.63, 3.8) is 0 Å². The van der Waals surface area contributed by atoms with Crippen LogP contribution in [0.1, 0.15) is 19.6 Å². The Balaban J connectivity index is 0.000000531. The van der Waals surface area contributed by atoms with Gasteiger partial charge in [0.25, 0.3) is 0 Å². The molecule has 1 aromatic heterocycles. The smallest absolute Gasteiger partial charge is 0.134 e. The summed E-state index contributed by atoms with van der Waals surface area (Å²) < 4.78 is 4.97. The summed E-state index contributed by atoms with van der Waals surface area (Å²) in [7, 11) is 0. The van der Waals surface area contributed by atoms with Crippen molar-refractivity contribution in [2.45, 2.75) is 20.8 Å². The van der Waals surface area contributed by atoms with E-state index in [2.05, 4.69) is 5.16 Å². The van der Waals surface area contributed by atoms with Crippen LogP contribution in [0.2, 0.25) is 5.02 Å². The number of benzene rings is 1. The molecule has 0 unspecified atom stereocenters. The van der Waals surface area contributed by atoms with Gasteiger partial charge in [-0.25, -0.2) is 0 Å². The van der Waals surface area contributed by atoms with E-state index in [1.807, 2.05) is 51.1 Å². The highest BCUT2D eigenvalue weighted by Gasteiger charge is 2.02. The van der Waals surface area contributed by atoms with Gasteiger partial charge in [0.15, 0.2) is 0 Å². The van der Waals surface area contributed by atoms with Crippen molar-refractivity contribution in [2.75, 3.05) is 0 Å². The summed E-state index contributed by atoms with van der Waals surface area (Å²) in [6, 6.07) is 9.39. The van der Waals surface area contributed by atoms with Crippen molar-refractivity contribution in [1.82, 2.24) is 5.16 Å². The third kappa shape index (κ3) is 3.10. The van der Waals surface area contributed by atoms with Crippen LogP contribution in [0.25, 0.3) is 11.3 Å². The summed E-state index contributed by atoms with van der Waals surface area (Å²) in [5, 5.41) is 4.62. The molecule has 15 heavy (non-hydrogen) atoms. The van der Waals surface area contributed by atoms with E-state index in [-0.39, 0.29) is 0 Å². The number of aryl methyl sites for hydroxylation is 1. The quantitative estimate of drug-likeness (QED) is 0.719. The van der Waals surface area contributed by atoms with E-state index < -0.39 is 0 Å². The standard InChI is InChI=1S/C10H8ClNO.C2H6/c1-7-6-10(12-13-7)8-2-4-9(11)5-3-8;1-2/h2-6H,1H3;1-2H3. The molecule has 0 saturated heterocycles. The summed E-state index contributed by atoms with van der Waals surface area (Å²) >= 11 is 5.76. The second-order valence-electron chi connectivity index (χ2n) is 2.83. The molecule has 0 aliphatic carbocycles. The molecule has 0 radical (unpaired) electrons. The van der Waals surface area contributed by atoms with Crippen LogP contribution in [-0.4, -0.2) is 5.16 Å². The lowest BCUT2D eigenvalue weighted by molar-refractivity contribution is 0.399. The van der Waals surface area contributed by atoms with Gasteiger partial charge in [-0.15, -0.1) is 0 Å². The zero-order valence-corrected chi connectivity index (χ0v) is 9.88. The van der Waals surface area contributed by atoms with Crippen LogP contribution in [0.15, 0.2) is 34.9 Å². The molecule has 0 N–H and O–H groups in total. The van der Waals surface area contributed by atoms with Gasteiger partial charge in [0, 0.05) is 16.7 Å². The Morgan fingerprint density at radius 3 is 2.20 bits per heavy atom. The number of hydrogen-bond donors (Lipinski definition) is 0. The lowest BCUT2D eigenvalue weighted by Crippen LogP contribution is -1.74. The summed E-state index contributed by atoms with van der Waals surface area (Å²) in [6.07, 6.45) is 0. The number of aromatic nitrogens is 1. The summed E-state index contributed by atoms with van der Waals surface area (Å²) in [4.78, 5) is 0. The van der Waals surface area contributed by atoms with Crippen LogP contribution in [0.4, 0.5) is 0 Å². The molecular weight excluding hydrogens is 210 g/mol. The Bertz CT molecular complexity index is 406.